The number of hydrogen-bond acceptors (Lipinski definition) is 0. The summed E-state index contributed by atoms with van der Waals surface area (Å²) in [6.45, 7) is 7.05. The Bertz CT molecular complexity index is 194. The van der Waals surface area contributed by atoms with Gasteiger partial charge in [0.05, 0.1) is 0 Å². The first kappa shape index (κ1) is 7.39. The van der Waals surface area contributed by atoms with E-state index in [0.717, 1.165) is 11.8 Å². The van der Waals surface area contributed by atoms with E-state index in [-0.39, 0.29) is 0 Å². The van der Waals surface area contributed by atoms with Crippen LogP contribution in [0.4, 0.5) is 0 Å². The average Bonchev–Trinajstić information content (AvgIpc) is 2.69. The minimum atomic E-state index is 0.635. The van der Waals surface area contributed by atoms with Crippen LogP contribution in [0.5, 0.6) is 0 Å². The fourth-order valence-electron chi connectivity index (χ4n) is 1.78. The largest absolute Gasteiger partial charge is 0.0817 e. The van der Waals surface area contributed by atoms with E-state index < -0.39 is 0 Å². The van der Waals surface area contributed by atoms with Gasteiger partial charge in [0.2, 0.25) is 0 Å². The highest BCUT2D eigenvalue weighted by Crippen LogP contribution is 2.53. The van der Waals surface area contributed by atoms with Gasteiger partial charge >= 0.3 is 0 Å². The van der Waals surface area contributed by atoms with Crippen LogP contribution >= 0.6 is 0 Å². The third-order valence-corrected chi connectivity index (χ3v) is 3.28. The zero-order valence-electron chi connectivity index (χ0n) is 7.85. The van der Waals surface area contributed by atoms with Crippen molar-refractivity contribution in [3.05, 3.63) is 11.6 Å². The third kappa shape index (κ3) is 1.50. The summed E-state index contributed by atoms with van der Waals surface area (Å²) in [5.74, 6) is 1.88. The Balaban J connectivity index is 1.93. The quantitative estimate of drug-likeness (QED) is 0.529. The zero-order valence-corrected chi connectivity index (χ0v) is 7.85. The first-order valence-electron chi connectivity index (χ1n) is 4.78. The lowest BCUT2D eigenvalue weighted by atomic mass is 10.1. The zero-order chi connectivity index (χ0) is 8.06. The van der Waals surface area contributed by atoms with E-state index in [4.69, 9.17) is 0 Å². The lowest BCUT2D eigenvalue weighted by molar-refractivity contribution is 0.607. The van der Waals surface area contributed by atoms with Crippen LogP contribution in [0.2, 0.25) is 0 Å². The van der Waals surface area contributed by atoms with Crippen LogP contribution in [0.3, 0.4) is 0 Å². The van der Waals surface area contributed by atoms with Crippen LogP contribution in [0.25, 0.3) is 0 Å². The molecule has 1 atom stereocenters. The summed E-state index contributed by atoms with van der Waals surface area (Å²) < 4.78 is 0. The maximum atomic E-state index is 2.53. The maximum absolute atomic E-state index is 2.53. The Morgan fingerprint density at radius 3 is 2.27 bits per heavy atom. The van der Waals surface area contributed by atoms with Gasteiger partial charge in [0.25, 0.3) is 0 Å². The Hall–Kier alpha value is -0.260. The molecule has 0 heterocycles. The van der Waals surface area contributed by atoms with E-state index in [1.165, 1.54) is 19.3 Å². The number of hydrogen-bond donors (Lipinski definition) is 0. The molecule has 0 radical (unpaired) electrons. The molecule has 2 fully saturated rings. The molecule has 0 unspecified atom stereocenters. The molecule has 62 valence electrons. The molecule has 2 rings (SSSR count). The van der Waals surface area contributed by atoms with Gasteiger partial charge in [0.1, 0.15) is 0 Å². The lowest BCUT2D eigenvalue weighted by Gasteiger charge is -1.99. The van der Waals surface area contributed by atoms with Gasteiger partial charge in [-0.3, -0.25) is 0 Å². The molecular weight excluding hydrogens is 132 g/mol. The van der Waals surface area contributed by atoms with Crippen LogP contribution in [0, 0.1) is 17.3 Å². The normalized spacial score (nSPS) is 35.5. The van der Waals surface area contributed by atoms with Crippen molar-refractivity contribution in [3.8, 4) is 0 Å². The molecule has 2 aliphatic carbocycles. The molecule has 0 aliphatic heterocycles. The summed E-state index contributed by atoms with van der Waals surface area (Å²) >= 11 is 0. The molecule has 0 spiro atoms. The molecule has 2 saturated carbocycles. The highest BCUT2D eigenvalue weighted by Gasteiger charge is 2.44. The summed E-state index contributed by atoms with van der Waals surface area (Å²) in [4.78, 5) is 0. The van der Waals surface area contributed by atoms with E-state index in [9.17, 15) is 0 Å². The highest BCUT2D eigenvalue weighted by atomic mass is 14.5. The van der Waals surface area contributed by atoms with Gasteiger partial charge in [0, 0.05) is 0 Å². The van der Waals surface area contributed by atoms with Crippen molar-refractivity contribution in [1.82, 2.24) is 0 Å². The minimum absolute atomic E-state index is 0.635. The van der Waals surface area contributed by atoms with Crippen LogP contribution in [-0.2, 0) is 0 Å². The Morgan fingerprint density at radius 2 is 1.91 bits per heavy atom. The fraction of sp³-hybridized carbons (Fsp3) is 0.818. The lowest BCUT2D eigenvalue weighted by Crippen LogP contribution is -1.88. The summed E-state index contributed by atoms with van der Waals surface area (Å²) in [5, 5.41) is 0. The molecule has 0 bridgehead atoms. The predicted octanol–water partition coefficient (Wildman–Crippen LogP) is 3.39. The van der Waals surface area contributed by atoms with Crippen LogP contribution in [-0.4, -0.2) is 0 Å². The van der Waals surface area contributed by atoms with E-state index >= 15 is 0 Å². The Kier molecular flexibility index (Phi) is 1.42. The number of allylic oxidation sites excluding steroid dienone is 2. The molecule has 0 aromatic carbocycles. The van der Waals surface area contributed by atoms with Crippen molar-refractivity contribution < 1.29 is 0 Å². The van der Waals surface area contributed by atoms with Crippen molar-refractivity contribution in [2.45, 2.75) is 40.0 Å². The maximum Gasteiger partial charge on any atom is -0.0174 e. The number of rotatable bonds is 2. The Labute approximate surface area is 69.7 Å². The molecule has 0 aromatic heterocycles. The Morgan fingerprint density at radius 1 is 1.36 bits per heavy atom. The van der Waals surface area contributed by atoms with Gasteiger partial charge in [0.15, 0.2) is 0 Å². The van der Waals surface area contributed by atoms with E-state index in [1.54, 1.807) is 5.57 Å². The van der Waals surface area contributed by atoms with Crippen molar-refractivity contribution in [2.75, 3.05) is 0 Å². The predicted molar refractivity (Wildman–Crippen MR) is 48.4 cm³/mol. The van der Waals surface area contributed by atoms with Crippen LogP contribution in [0.15, 0.2) is 11.6 Å². The van der Waals surface area contributed by atoms with Crippen LogP contribution in [0.1, 0.15) is 40.0 Å². The van der Waals surface area contributed by atoms with Gasteiger partial charge in [-0.1, -0.05) is 25.5 Å². The van der Waals surface area contributed by atoms with Crippen molar-refractivity contribution >= 4 is 0 Å². The van der Waals surface area contributed by atoms with Gasteiger partial charge in [-0.05, 0) is 43.4 Å². The van der Waals surface area contributed by atoms with Crippen molar-refractivity contribution in [1.29, 1.82) is 0 Å². The summed E-state index contributed by atoms with van der Waals surface area (Å²) in [6.07, 6.45) is 6.85. The van der Waals surface area contributed by atoms with Crippen molar-refractivity contribution in [3.63, 3.8) is 0 Å². The molecule has 0 nitrogen and oxygen atoms in total. The summed E-state index contributed by atoms with van der Waals surface area (Å²) in [7, 11) is 0. The first-order chi connectivity index (χ1) is 5.09. The molecule has 0 heteroatoms. The van der Waals surface area contributed by atoms with E-state index in [0.29, 0.717) is 5.41 Å². The summed E-state index contributed by atoms with van der Waals surface area (Å²) in [5.41, 5.74) is 2.30. The molecule has 0 saturated heterocycles. The minimum Gasteiger partial charge on any atom is -0.0817 e. The topological polar surface area (TPSA) is 0 Å². The highest BCUT2D eigenvalue weighted by molar-refractivity contribution is 5.17. The summed E-state index contributed by atoms with van der Waals surface area (Å²) in [6, 6.07) is 0. The first-order valence-corrected chi connectivity index (χ1v) is 4.78. The van der Waals surface area contributed by atoms with Gasteiger partial charge < -0.3 is 0 Å². The molecule has 11 heavy (non-hydrogen) atoms. The second-order valence-electron chi connectivity index (χ2n) is 4.98. The third-order valence-electron chi connectivity index (χ3n) is 3.28. The van der Waals surface area contributed by atoms with Gasteiger partial charge in [-0.25, -0.2) is 0 Å². The molecular formula is C11H18. The van der Waals surface area contributed by atoms with E-state index in [2.05, 4.69) is 26.8 Å². The monoisotopic (exact) mass is 150 g/mol. The average molecular weight is 150 g/mol. The van der Waals surface area contributed by atoms with E-state index in [1.807, 2.05) is 0 Å². The molecule has 0 N–H and O–H groups in total. The SMILES string of the molecule is C/C(=C\[C@H]1CC1(C)C)C1CC1. The molecule has 0 aromatic rings. The molecule has 0 amide bonds. The molecule has 2 aliphatic rings. The second kappa shape index (κ2) is 2.12. The van der Waals surface area contributed by atoms with Gasteiger partial charge in [-0.2, -0.15) is 0 Å². The smallest absolute Gasteiger partial charge is 0.0174 e. The van der Waals surface area contributed by atoms with Crippen LogP contribution < -0.4 is 0 Å². The second-order valence-corrected chi connectivity index (χ2v) is 4.98. The standard InChI is InChI=1S/C11H18/c1-8(9-4-5-9)6-10-7-11(10,2)3/h6,9-10H,4-5,7H2,1-3H3/b8-6+/t10-/m0/s1. The van der Waals surface area contributed by atoms with Gasteiger partial charge in [-0.15, -0.1) is 0 Å². The van der Waals surface area contributed by atoms with Crippen molar-refractivity contribution in [2.24, 2.45) is 17.3 Å². The fourth-order valence-corrected chi connectivity index (χ4v) is 1.78.